The van der Waals surface area contributed by atoms with Gasteiger partial charge in [-0.2, -0.15) is 0 Å². The number of carboxylic acid groups (broad SMARTS) is 1. The van der Waals surface area contributed by atoms with Gasteiger partial charge in [0, 0.05) is 0 Å². The molecule has 0 aliphatic heterocycles. The number of allylic oxidation sites excluding steroid dienone is 1. The van der Waals surface area contributed by atoms with E-state index < -0.39 is 5.97 Å². The predicted octanol–water partition coefficient (Wildman–Crippen LogP) is 3.51. The molecule has 0 amide bonds. The SMILES string of the molecule is C[C@H](/C=C/C[C@H](C)C(=O)O)COCc1ccccc1. The Morgan fingerprint density at radius 1 is 1.32 bits per heavy atom. The lowest BCUT2D eigenvalue weighted by Gasteiger charge is -2.08. The van der Waals surface area contributed by atoms with Crippen molar-refractivity contribution in [1.82, 2.24) is 0 Å². The summed E-state index contributed by atoms with van der Waals surface area (Å²) in [4.78, 5) is 10.6. The van der Waals surface area contributed by atoms with Gasteiger partial charge in [-0.15, -0.1) is 0 Å². The Hall–Kier alpha value is -1.61. The summed E-state index contributed by atoms with van der Waals surface area (Å²) in [5, 5.41) is 8.76. The van der Waals surface area contributed by atoms with Crippen molar-refractivity contribution in [2.24, 2.45) is 11.8 Å². The van der Waals surface area contributed by atoms with Crippen molar-refractivity contribution in [3.8, 4) is 0 Å². The second kappa shape index (κ2) is 8.48. The van der Waals surface area contributed by atoms with E-state index in [9.17, 15) is 4.79 Å². The molecule has 0 saturated carbocycles. The van der Waals surface area contributed by atoms with Gasteiger partial charge in [0.1, 0.15) is 0 Å². The van der Waals surface area contributed by atoms with E-state index in [1.165, 1.54) is 0 Å². The third kappa shape index (κ3) is 6.77. The summed E-state index contributed by atoms with van der Waals surface area (Å²) < 4.78 is 5.62. The number of hydrogen-bond donors (Lipinski definition) is 1. The van der Waals surface area contributed by atoms with E-state index in [1.54, 1.807) is 6.92 Å². The van der Waals surface area contributed by atoms with E-state index in [4.69, 9.17) is 9.84 Å². The molecule has 0 fully saturated rings. The van der Waals surface area contributed by atoms with Crippen LogP contribution in [0.2, 0.25) is 0 Å². The molecule has 1 rings (SSSR count). The molecule has 0 unspecified atom stereocenters. The summed E-state index contributed by atoms with van der Waals surface area (Å²) in [6.07, 6.45) is 4.51. The third-order valence-electron chi connectivity index (χ3n) is 2.87. The van der Waals surface area contributed by atoms with Gasteiger partial charge in [0.2, 0.25) is 0 Å². The highest BCUT2D eigenvalue weighted by atomic mass is 16.5. The third-order valence-corrected chi connectivity index (χ3v) is 2.87. The van der Waals surface area contributed by atoms with Crippen molar-refractivity contribution < 1.29 is 14.6 Å². The van der Waals surface area contributed by atoms with Gasteiger partial charge in [-0.1, -0.05) is 56.3 Å². The Labute approximate surface area is 114 Å². The fourth-order valence-corrected chi connectivity index (χ4v) is 1.61. The van der Waals surface area contributed by atoms with Gasteiger partial charge in [0.15, 0.2) is 0 Å². The zero-order valence-electron chi connectivity index (χ0n) is 11.6. The van der Waals surface area contributed by atoms with Crippen LogP contribution in [0.15, 0.2) is 42.5 Å². The van der Waals surface area contributed by atoms with Crippen molar-refractivity contribution in [1.29, 1.82) is 0 Å². The van der Waals surface area contributed by atoms with Crippen LogP contribution < -0.4 is 0 Å². The minimum absolute atomic E-state index is 0.296. The average molecular weight is 262 g/mol. The first-order valence-electron chi connectivity index (χ1n) is 6.60. The number of hydrogen-bond acceptors (Lipinski definition) is 2. The zero-order valence-corrected chi connectivity index (χ0v) is 11.6. The summed E-state index contributed by atoms with van der Waals surface area (Å²) in [7, 11) is 0. The molecule has 0 spiro atoms. The summed E-state index contributed by atoms with van der Waals surface area (Å²) >= 11 is 0. The van der Waals surface area contributed by atoms with Crippen LogP contribution in [0, 0.1) is 11.8 Å². The van der Waals surface area contributed by atoms with E-state index in [0.717, 1.165) is 5.56 Å². The van der Waals surface area contributed by atoms with Crippen molar-refractivity contribution >= 4 is 5.97 Å². The van der Waals surface area contributed by atoms with Gasteiger partial charge in [-0.3, -0.25) is 4.79 Å². The zero-order chi connectivity index (χ0) is 14.1. The van der Waals surface area contributed by atoms with Crippen LogP contribution >= 0.6 is 0 Å². The monoisotopic (exact) mass is 262 g/mol. The van der Waals surface area contributed by atoms with Crippen molar-refractivity contribution in [3.63, 3.8) is 0 Å². The van der Waals surface area contributed by atoms with Crippen LogP contribution in [0.25, 0.3) is 0 Å². The highest BCUT2D eigenvalue weighted by molar-refractivity contribution is 5.69. The largest absolute Gasteiger partial charge is 0.481 e. The molecule has 2 atom stereocenters. The lowest BCUT2D eigenvalue weighted by atomic mass is 10.1. The number of benzene rings is 1. The Balaban J connectivity index is 2.19. The first-order valence-corrected chi connectivity index (χ1v) is 6.60. The summed E-state index contributed by atoms with van der Waals surface area (Å²) in [5.74, 6) is -0.781. The number of rotatable bonds is 8. The van der Waals surface area contributed by atoms with E-state index in [1.807, 2.05) is 42.5 Å². The molecule has 0 radical (unpaired) electrons. The molecule has 0 saturated heterocycles. The standard InChI is InChI=1S/C16H22O3/c1-13(7-6-8-14(2)16(17)18)11-19-12-15-9-4-3-5-10-15/h3-7,9-10,13-14H,8,11-12H2,1-2H3,(H,17,18)/b7-6+/t13-,14+/m1/s1. The fraction of sp³-hybridized carbons (Fsp3) is 0.438. The molecule has 19 heavy (non-hydrogen) atoms. The lowest BCUT2D eigenvalue weighted by Crippen LogP contribution is -2.08. The van der Waals surface area contributed by atoms with Gasteiger partial charge < -0.3 is 9.84 Å². The highest BCUT2D eigenvalue weighted by Gasteiger charge is 2.07. The fourth-order valence-electron chi connectivity index (χ4n) is 1.61. The molecular formula is C16H22O3. The number of aliphatic carboxylic acids is 1. The molecule has 1 N–H and O–H groups in total. The predicted molar refractivity (Wildman–Crippen MR) is 75.8 cm³/mol. The summed E-state index contributed by atoms with van der Waals surface area (Å²) in [6, 6.07) is 10.0. The molecule has 1 aromatic rings. The average Bonchev–Trinajstić information content (AvgIpc) is 2.39. The second-order valence-corrected chi connectivity index (χ2v) is 4.88. The molecule has 1 aromatic carbocycles. The highest BCUT2D eigenvalue weighted by Crippen LogP contribution is 2.07. The molecule has 104 valence electrons. The van der Waals surface area contributed by atoms with Crippen LogP contribution in [0.3, 0.4) is 0 Å². The molecule has 0 heterocycles. The van der Waals surface area contributed by atoms with Gasteiger partial charge >= 0.3 is 5.97 Å². The van der Waals surface area contributed by atoms with Crippen molar-refractivity contribution in [2.75, 3.05) is 6.61 Å². The van der Waals surface area contributed by atoms with Crippen LogP contribution in [-0.2, 0) is 16.1 Å². The van der Waals surface area contributed by atoms with Gasteiger partial charge in [0.25, 0.3) is 0 Å². The maximum Gasteiger partial charge on any atom is 0.306 e. The van der Waals surface area contributed by atoms with Crippen LogP contribution in [0.4, 0.5) is 0 Å². The first kappa shape index (κ1) is 15.4. The van der Waals surface area contributed by atoms with Crippen molar-refractivity contribution in [3.05, 3.63) is 48.0 Å². The number of carbonyl (C=O) groups is 1. The van der Waals surface area contributed by atoms with Crippen LogP contribution in [0.1, 0.15) is 25.8 Å². The number of ether oxygens (including phenoxy) is 1. The van der Waals surface area contributed by atoms with Gasteiger partial charge in [-0.25, -0.2) is 0 Å². The quantitative estimate of drug-likeness (QED) is 0.729. The lowest BCUT2D eigenvalue weighted by molar-refractivity contribution is -0.140. The van der Waals surface area contributed by atoms with E-state index in [2.05, 4.69) is 6.92 Å². The molecular weight excluding hydrogens is 240 g/mol. The maximum atomic E-state index is 10.6. The van der Waals surface area contributed by atoms with Crippen molar-refractivity contribution in [2.45, 2.75) is 26.9 Å². The Morgan fingerprint density at radius 2 is 2.00 bits per heavy atom. The molecule has 3 heteroatoms. The summed E-state index contributed by atoms with van der Waals surface area (Å²) in [6.45, 7) is 5.04. The molecule has 3 nitrogen and oxygen atoms in total. The van der Waals surface area contributed by atoms with Crippen LogP contribution in [-0.4, -0.2) is 17.7 Å². The normalized spacial score (nSPS) is 14.4. The Bertz CT molecular complexity index is 398. The maximum absolute atomic E-state index is 10.6. The van der Waals surface area contributed by atoms with Crippen LogP contribution in [0.5, 0.6) is 0 Å². The minimum atomic E-state index is -0.752. The molecule has 0 aromatic heterocycles. The summed E-state index contributed by atoms with van der Waals surface area (Å²) in [5.41, 5.74) is 1.16. The second-order valence-electron chi connectivity index (χ2n) is 4.88. The number of carboxylic acids is 1. The smallest absolute Gasteiger partial charge is 0.306 e. The van der Waals surface area contributed by atoms with E-state index in [-0.39, 0.29) is 5.92 Å². The first-order chi connectivity index (χ1) is 9.09. The van der Waals surface area contributed by atoms with Gasteiger partial charge in [-0.05, 0) is 17.9 Å². The Morgan fingerprint density at radius 3 is 2.63 bits per heavy atom. The van der Waals surface area contributed by atoms with Gasteiger partial charge in [0.05, 0.1) is 19.1 Å². The molecule has 0 aliphatic carbocycles. The molecule has 0 aliphatic rings. The molecule has 0 bridgehead atoms. The van der Waals surface area contributed by atoms with E-state index in [0.29, 0.717) is 25.6 Å². The van der Waals surface area contributed by atoms with E-state index >= 15 is 0 Å². The topological polar surface area (TPSA) is 46.5 Å². The Kier molecular flexibility index (Phi) is 6.90. The minimum Gasteiger partial charge on any atom is -0.481 e.